The van der Waals surface area contributed by atoms with Gasteiger partial charge in [-0.1, -0.05) is 0 Å². The van der Waals surface area contributed by atoms with Crippen LogP contribution in [0.25, 0.3) is 0 Å². The Balaban J connectivity index is 2.10. The van der Waals surface area contributed by atoms with E-state index in [-0.39, 0.29) is 27.4 Å². The molecule has 3 rings (SSSR count). The first-order chi connectivity index (χ1) is 11.6. The van der Waals surface area contributed by atoms with Crippen LogP contribution in [0.1, 0.15) is 26.3 Å². The van der Waals surface area contributed by atoms with Crippen molar-refractivity contribution in [1.82, 2.24) is 0 Å². The van der Waals surface area contributed by atoms with Crippen molar-refractivity contribution in [2.45, 2.75) is 11.8 Å². The molecule has 0 N–H and O–H groups in total. The van der Waals surface area contributed by atoms with Crippen molar-refractivity contribution in [3.63, 3.8) is 0 Å². The van der Waals surface area contributed by atoms with Gasteiger partial charge < -0.3 is 0 Å². The molecule has 1 aliphatic rings. The summed E-state index contributed by atoms with van der Waals surface area (Å²) in [4.78, 5) is 36.3. The summed E-state index contributed by atoms with van der Waals surface area (Å²) in [6.45, 7) is 1.55. The van der Waals surface area contributed by atoms with Crippen LogP contribution in [0.5, 0.6) is 0 Å². The molecule has 25 heavy (non-hydrogen) atoms. The first kappa shape index (κ1) is 16.8. The average molecular weight is 360 g/mol. The van der Waals surface area contributed by atoms with Gasteiger partial charge in [0.15, 0.2) is 9.84 Å². The fourth-order valence-electron chi connectivity index (χ4n) is 2.67. The Hall–Kier alpha value is -3.07. The maximum Gasteiger partial charge on any atom is 0.269 e. The molecule has 2 amide bonds. The van der Waals surface area contributed by atoms with Gasteiger partial charge in [0.05, 0.1) is 26.6 Å². The van der Waals surface area contributed by atoms with Crippen LogP contribution < -0.4 is 4.90 Å². The third kappa shape index (κ3) is 2.68. The number of sulfone groups is 1. The van der Waals surface area contributed by atoms with Gasteiger partial charge >= 0.3 is 0 Å². The second kappa shape index (κ2) is 5.49. The van der Waals surface area contributed by atoms with Gasteiger partial charge in [0.2, 0.25) is 0 Å². The molecule has 0 saturated heterocycles. The maximum absolute atomic E-state index is 12.6. The van der Waals surface area contributed by atoms with Crippen LogP contribution in [0, 0.1) is 17.0 Å². The molecule has 0 bridgehead atoms. The number of fused-ring (bicyclic) bond motifs is 1. The van der Waals surface area contributed by atoms with E-state index in [1.807, 2.05) is 0 Å². The van der Waals surface area contributed by atoms with Gasteiger partial charge in [-0.15, -0.1) is 0 Å². The summed E-state index contributed by atoms with van der Waals surface area (Å²) in [5, 5.41) is 10.8. The highest BCUT2D eigenvalue weighted by Gasteiger charge is 2.38. The van der Waals surface area contributed by atoms with E-state index in [1.54, 1.807) is 6.92 Å². The van der Waals surface area contributed by atoms with E-state index in [4.69, 9.17) is 0 Å². The Labute approximate surface area is 142 Å². The Morgan fingerprint density at radius 2 is 1.64 bits per heavy atom. The highest BCUT2D eigenvalue weighted by Crippen LogP contribution is 2.33. The minimum absolute atomic E-state index is 0.00863. The van der Waals surface area contributed by atoms with Gasteiger partial charge in [-0.05, 0) is 36.8 Å². The standard InChI is InChI=1S/C16H12N2O6S/c1-9-7-10(18(21)22)3-6-14(9)17-15(19)12-5-4-11(25(2,23)24)8-13(12)16(17)20/h3-8H,1-2H3. The number of rotatable bonds is 3. The van der Waals surface area contributed by atoms with Crippen LogP contribution in [0.15, 0.2) is 41.3 Å². The summed E-state index contributed by atoms with van der Waals surface area (Å²) in [6, 6.07) is 7.53. The summed E-state index contributed by atoms with van der Waals surface area (Å²) in [5.41, 5.74) is 0.530. The van der Waals surface area contributed by atoms with Crippen molar-refractivity contribution >= 4 is 33.0 Å². The lowest BCUT2D eigenvalue weighted by molar-refractivity contribution is -0.384. The average Bonchev–Trinajstić information content (AvgIpc) is 2.78. The fraction of sp³-hybridized carbons (Fsp3) is 0.125. The van der Waals surface area contributed by atoms with E-state index in [1.165, 1.54) is 36.4 Å². The van der Waals surface area contributed by atoms with Crippen LogP contribution >= 0.6 is 0 Å². The third-order valence-electron chi connectivity index (χ3n) is 3.92. The lowest BCUT2D eigenvalue weighted by atomic mass is 10.1. The fourth-order valence-corrected chi connectivity index (χ4v) is 3.32. The number of imide groups is 1. The summed E-state index contributed by atoms with van der Waals surface area (Å²) in [5.74, 6) is -1.26. The third-order valence-corrected chi connectivity index (χ3v) is 5.03. The van der Waals surface area contributed by atoms with Crippen molar-refractivity contribution in [2.24, 2.45) is 0 Å². The number of nitro groups is 1. The molecular weight excluding hydrogens is 348 g/mol. The minimum atomic E-state index is -3.53. The predicted molar refractivity (Wildman–Crippen MR) is 88.5 cm³/mol. The Morgan fingerprint density at radius 1 is 1.00 bits per heavy atom. The van der Waals surface area contributed by atoms with Gasteiger partial charge in [0, 0.05) is 18.4 Å². The van der Waals surface area contributed by atoms with E-state index in [0.717, 1.165) is 11.2 Å². The highest BCUT2D eigenvalue weighted by molar-refractivity contribution is 7.90. The largest absolute Gasteiger partial charge is 0.269 e. The summed E-state index contributed by atoms with van der Waals surface area (Å²) in [6.07, 6.45) is 1.01. The molecule has 9 heteroatoms. The Bertz CT molecular complexity index is 1060. The Morgan fingerprint density at radius 3 is 2.20 bits per heavy atom. The predicted octanol–water partition coefficient (Wildman–Crippen LogP) is 2.11. The quantitative estimate of drug-likeness (QED) is 0.470. The Kier molecular flexibility index (Phi) is 3.68. The van der Waals surface area contributed by atoms with Gasteiger partial charge in [0.1, 0.15) is 0 Å². The number of hydrogen-bond donors (Lipinski definition) is 0. The van der Waals surface area contributed by atoms with Gasteiger partial charge in [0.25, 0.3) is 17.5 Å². The van der Waals surface area contributed by atoms with Crippen LogP contribution in [0.2, 0.25) is 0 Å². The molecule has 2 aromatic carbocycles. The van der Waals surface area contributed by atoms with E-state index in [2.05, 4.69) is 0 Å². The molecule has 1 heterocycles. The second-order valence-electron chi connectivity index (χ2n) is 5.65. The number of aryl methyl sites for hydroxylation is 1. The number of carbonyl (C=O) groups excluding carboxylic acids is 2. The van der Waals surface area contributed by atoms with E-state index < -0.39 is 26.6 Å². The molecule has 128 valence electrons. The summed E-state index contributed by atoms with van der Waals surface area (Å²) < 4.78 is 23.3. The number of benzene rings is 2. The van der Waals surface area contributed by atoms with Crippen LogP contribution in [-0.2, 0) is 9.84 Å². The lowest BCUT2D eigenvalue weighted by Gasteiger charge is -2.16. The molecule has 1 aliphatic heterocycles. The van der Waals surface area contributed by atoms with Crippen molar-refractivity contribution in [1.29, 1.82) is 0 Å². The van der Waals surface area contributed by atoms with E-state index in [9.17, 15) is 28.1 Å². The zero-order valence-corrected chi connectivity index (χ0v) is 14.0. The number of amides is 2. The molecule has 0 unspecified atom stereocenters. The summed E-state index contributed by atoms with van der Waals surface area (Å²) >= 11 is 0. The molecule has 8 nitrogen and oxygen atoms in total. The van der Waals surface area contributed by atoms with Gasteiger partial charge in [-0.3, -0.25) is 19.7 Å². The lowest BCUT2D eigenvalue weighted by Crippen LogP contribution is -2.30. The zero-order valence-electron chi connectivity index (χ0n) is 13.2. The molecule has 0 atom stereocenters. The van der Waals surface area contributed by atoms with Crippen molar-refractivity contribution in [3.05, 3.63) is 63.2 Å². The van der Waals surface area contributed by atoms with Crippen molar-refractivity contribution in [2.75, 3.05) is 11.2 Å². The van der Waals surface area contributed by atoms with E-state index in [0.29, 0.717) is 5.56 Å². The number of hydrogen-bond acceptors (Lipinski definition) is 6. The second-order valence-corrected chi connectivity index (χ2v) is 7.67. The topological polar surface area (TPSA) is 115 Å². The van der Waals surface area contributed by atoms with Crippen molar-refractivity contribution in [3.8, 4) is 0 Å². The molecule has 0 radical (unpaired) electrons. The zero-order chi connectivity index (χ0) is 18.5. The SMILES string of the molecule is Cc1cc([N+](=O)[O-])ccc1N1C(=O)c2ccc(S(C)(=O)=O)cc2C1=O. The maximum atomic E-state index is 12.6. The molecule has 0 aliphatic carbocycles. The number of non-ortho nitro benzene ring substituents is 1. The van der Waals surface area contributed by atoms with Crippen LogP contribution in [0.3, 0.4) is 0 Å². The number of anilines is 1. The van der Waals surface area contributed by atoms with Crippen LogP contribution in [-0.4, -0.2) is 31.4 Å². The van der Waals surface area contributed by atoms with Crippen LogP contribution in [0.4, 0.5) is 11.4 Å². The first-order valence-electron chi connectivity index (χ1n) is 7.09. The van der Waals surface area contributed by atoms with Gasteiger partial charge in [-0.25, -0.2) is 13.3 Å². The molecule has 0 saturated carbocycles. The van der Waals surface area contributed by atoms with E-state index >= 15 is 0 Å². The molecule has 0 aromatic heterocycles. The monoisotopic (exact) mass is 360 g/mol. The molecule has 0 spiro atoms. The first-order valence-corrected chi connectivity index (χ1v) is 8.98. The van der Waals surface area contributed by atoms with Crippen molar-refractivity contribution < 1.29 is 22.9 Å². The minimum Gasteiger partial charge on any atom is -0.268 e. The summed E-state index contributed by atoms with van der Waals surface area (Å²) in [7, 11) is -3.53. The number of carbonyl (C=O) groups is 2. The molecule has 2 aromatic rings. The number of nitro benzene ring substituents is 1. The number of nitrogens with zero attached hydrogens (tertiary/aromatic N) is 2. The highest BCUT2D eigenvalue weighted by atomic mass is 32.2. The normalized spacial score (nSPS) is 13.9. The molecule has 0 fully saturated rings. The smallest absolute Gasteiger partial charge is 0.268 e. The molecular formula is C16H12N2O6S. The van der Waals surface area contributed by atoms with Gasteiger partial charge in [-0.2, -0.15) is 0 Å².